The highest BCUT2D eigenvalue weighted by atomic mass is 32.1. The van der Waals surface area contributed by atoms with Crippen LogP contribution in [0, 0.1) is 5.82 Å². The summed E-state index contributed by atoms with van der Waals surface area (Å²) in [6, 6.07) is 14.0. The van der Waals surface area contributed by atoms with Gasteiger partial charge in [0.15, 0.2) is 10.9 Å². The molecule has 3 heterocycles. The Hall–Kier alpha value is -2.77. The van der Waals surface area contributed by atoms with Gasteiger partial charge in [0.1, 0.15) is 16.9 Å². The monoisotopic (exact) mass is 396 g/mol. The first kappa shape index (κ1) is 17.3. The number of amides is 1. The molecule has 0 radical (unpaired) electrons. The number of thiazole rings is 1. The minimum Gasteiger partial charge on any atom is -0.451 e. The Kier molecular flexibility index (Phi) is 4.33. The van der Waals surface area contributed by atoms with E-state index in [9.17, 15) is 9.18 Å². The Morgan fingerprint density at radius 3 is 2.93 bits per heavy atom. The van der Waals surface area contributed by atoms with Gasteiger partial charge in [-0.15, -0.1) is 0 Å². The van der Waals surface area contributed by atoms with Crippen LogP contribution < -0.4 is 4.90 Å². The van der Waals surface area contributed by atoms with E-state index in [0.717, 1.165) is 18.2 Å². The van der Waals surface area contributed by atoms with Gasteiger partial charge in [0.2, 0.25) is 0 Å². The number of carbonyl (C=O) groups excluding carboxylic acids is 1. The molecule has 0 N–H and O–H groups in total. The average molecular weight is 396 g/mol. The summed E-state index contributed by atoms with van der Waals surface area (Å²) in [5, 5.41) is 1.30. The lowest BCUT2D eigenvalue weighted by Gasteiger charge is -2.22. The van der Waals surface area contributed by atoms with E-state index < -0.39 is 5.82 Å². The summed E-state index contributed by atoms with van der Waals surface area (Å²) in [5.74, 6) is -0.460. The van der Waals surface area contributed by atoms with E-state index in [0.29, 0.717) is 28.6 Å². The van der Waals surface area contributed by atoms with Crippen LogP contribution >= 0.6 is 11.3 Å². The van der Waals surface area contributed by atoms with E-state index in [4.69, 9.17) is 9.15 Å². The van der Waals surface area contributed by atoms with Gasteiger partial charge >= 0.3 is 0 Å². The largest absolute Gasteiger partial charge is 0.451 e. The normalized spacial score (nSPS) is 16.8. The van der Waals surface area contributed by atoms with Gasteiger partial charge in [-0.05, 0) is 37.1 Å². The highest BCUT2D eigenvalue weighted by Crippen LogP contribution is 2.32. The van der Waals surface area contributed by atoms with Crippen molar-refractivity contribution >= 4 is 43.6 Å². The molecule has 1 saturated heterocycles. The van der Waals surface area contributed by atoms with E-state index in [1.54, 1.807) is 23.1 Å². The standard InChI is InChI=1S/C21H17FN2O3S/c22-15-7-3-9-18-19(15)23-21(28-18)24(12-14-6-4-10-26-14)20(25)17-11-13-5-1-2-8-16(13)27-17/h1-3,5,7-9,11,14H,4,6,10,12H2/t14-/m1/s1. The minimum absolute atomic E-state index is 0.0646. The topological polar surface area (TPSA) is 55.6 Å². The quantitative estimate of drug-likeness (QED) is 0.487. The number of fused-ring (bicyclic) bond motifs is 2. The van der Waals surface area contributed by atoms with Crippen LogP contribution in [0.4, 0.5) is 9.52 Å². The lowest BCUT2D eigenvalue weighted by molar-refractivity contribution is 0.0896. The average Bonchev–Trinajstić information content (AvgIpc) is 3.44. The van der Waals surface area contributed by atoms with E-state index >= 15 is 0 Å². The SMILES string of the molecule is O=C(c1cc2ccccc2o1)N(C[C@H]1CCCO1)c1nc2c(F)cccc2s1. The second kappa shape index (κ2) is 7.00. The van der Waals surface area contributed by atoms with Gasteiger partial charge in [0, 0.05) is 12.0 Å². The number of hydrogen-bond acceptors (Lipinski definition) is 5. The van der Waals surface area contributed by atoms with Gasteiger partial charge < -0.3 is 9.15 Å². The molecule has 0 spiro atoms. The van der Waals surface area contributed by atoms with Crippen molar-refractivity contribution in [1.29, 1.82) is 0 Å². The predicted octanol–water partition coefficient (Wildman–Crippen LogP) is 5.01. The smallest absolute Gasteiger partial charge is 0.295 e. The van der Waals surface area contributed by atoms with Crippen molar-refractivity contribution in [2.75, 3.05) is 18.1 Å². The van der Waals surface area contributed by atoms with Crippen molar-refractivity contribution in [2.45, 2.75) is 18.9 Å². The van der Waals surface area contributed by atoms with Crippen LogP contribution in [0.3, 0.4) is 0 Å². The Bertz CT molecular complexity index is 1130. The maximum Gasteiger partial charge on any atom is 0.295 e. The molecule has 0 bridgehead atoms. The van der Waals surface area contributed by atoms with E-state index in [1.165, 1.54) is 17.4 Å². The number of carbonyl (C=O) groups is 1. The minimum atomic E-state index is -0.395. The fourth-order valence-electron chi connectivity index (χ4n) is 3.48. The van der Waals surface area contributed by atoms with Crippen LogP contribution in [0.2, 0.25) is 0 Å². The molecule has 1 aliphatic heterocycles. The summed E-state index contributed by atoms with van der Waals surface area (Å²) in [5.41, 5.74) is 0.926. The van der Waals surface area contributed by atoms with Crippen molar-refractivity contribution in [2.24, 2.45) is 0 Å². The van der Waals surface area contributed by atoms with Gasteiger partial charge in [0.05, 0.1) is 17.3 Å². The molecule has 28 heavy (non-hydrogen) atoms. The van der Waals surface area contributed by atoms with Crippen LogP contribution in [0.25, 0.3) is 21.2 Å². The maximum absolute atomic E-state index is 14.1. The maximum atomic E-state index is 14.1. The molecule has 2 aromatic carbocycles. The number of benzene rings is 2. The third-order valence-corrected chi connectivity index (χ3v) is 5.92. The van der Waals surface area contributed by atoms with Crippen molar-refractivity contribution in [1.82, 2.24) is 4.98 Å². The zero-order chi connectivity index (χ0) is 19.1. The molecule has 2 aromatic heterocycles. The molecule has 4 aromatic rings. The van der Waals surface area contributed by atoms with Crippen molar-refractivity contribution in [3.8, 4) is 0 Å². The summed E-state index contributed by atoms with van der Waals surface area (Å²) in [6.45, 7) is 1.04. The summed E-state index contributed by atoms with van der Waals surface area (Å²) in [7, 11) is 0. The zero-order valence-electron chi connectivity index (χ0n) is 14.9. The molecule has 1 atom stereocenters. The van der Waals surface area contributed by atoms with Crippen LogP contribution in [0.5, 0.6) is 0 Å². The number of nitrogens with zero attached hydrogens (tertiary/aromatic N) is 2. The lowest BCUT2D eigenvalue weighted by Crippen LogP contribution is -2.37. The number of furan rings is 1. The molecule has 1 amide bonds. The van der Waals surface area contributed by atoms with Crippen LogP contribution in [0.15, 0.2) is 52.9 Å². The third-order valence-electron chi connectivity index (χ3n) is 4.88. The number of halogens is 1. The first-order valence-corrected chi connectivity index (χ1v) is 9.98. The third kappa shape index (κ3) is 3.06. The molecular formula is C21H17FN2O3S. The first-order chi connectivity index (χ1) is 13.7. The van der Waals surface area contributed by atoms with E-state index in [-0.39, 0.29) is 23.3 Å². The van der Waals surface area contributed by atoms with Gasteiger partial charge in [-0.3, -0.25) is 9.69 Å². The molecular weight excluding hydrogens is 379 g/mol. The highest BCUT2D eigenvalue weighted by molar-refractivity contribution is 7.22. The van der Waals surface area contributed by atoms with Gasteiger partial charge in [-0.2, -0.15) is 0 Å². The van der Waals surface area contributed by atoms with Crippen molar-refractivity contribution < 1.29 is 18.3 Å². The molecule has 0 saturated carbocycles. The zero-order valence-corrected chi connectivity index (χ0v) is 15.7. The number of para-hydroxylation sites is 2. The number of ether oxygens (including phenoxy) is 1. The van der Waals surface area contributed by atoms with E-state index in [2.05, 4.69) is 4.98 Å². The number of aromatic nitrogens is 1. The highest BCUT2D eigenvalue weighted by Gasteiger charge is 2.29. The van der Waals surface area contributed by atoms with Crippen LogP contribution in [0.1, 0.15) is 23.4 Å². The number of rotatable bonds is 4. The summed E-state index contributed by atoms with van der Waals surface area (Å²) < 4.78 is 26.3. The molecule has 0 unspecified atom stereocenters. The fraction of sp³-hybridized carbons (Fsp3) is 0.238. The van der Waals surface area contributed by atoms with Gasteiger partial charge in [-0.1, -0.05) is 35.6 Å². The van der Waals surface area contributed by atoms with Crippen molar-refractivity contribution in [3.05, 3.63) is 60.1 Å². The number of anilines is 1. The Morgan fingerprint density at radius 1 is 1.25 bits per heavy atom. The lowest BCUT2D eigenvalue weighted by atomic mass is 10.2. The molecule has 1 fully saturated rings. The number of hydrogen-bond donors (Lipinski definition) is 0. The molecule has 5 rings (SSSR count). The van der Waals surface area contributed by atoms with E-state index in [1.807, 2.05) is 24.3 Å². The Balaban J connectivity index is 1.56. The van der Waals surface area contributed by atoms with Crippen LogP contribution in [-0.2, 0) is 4.74 Å². The van der Waals surface area contributed by atoms with Gasteiger partial charge in [-0.25, -0.2) is 9.37 Å². The molecule has 7 heteroatoms. The molecule has 1 aliphatic rings. The molecule has 142 valence electrons. The Morgan fingerprint density at radius 2 is 2.14 bits per heavy atom. The second-order valence-corrected chi connectivity index (χ2v) is 7.79. The van der Waals surface area contributed by atoms with Gasteiger partial charge in [0.25, 0.3) is 5.91 Å². The van der Waals surface area contributed by atoms with Crippen LogP contribution in [-0.4, -0.2) is 30.1 Å². The first-order valence-electron chi connectivity index (χ1n) is 9.16. The predicted molar refractivity (Wildman–Crippen MR) is 106 cm³/mol. The van der Waals surface area contributed by atoms with Crippen molar-refractivity contribution in [3.63, 3.8) is 0 Å². The summed E-state index contributed by atoms with van der Waals surface area (Å²) in [4.78, 5) is 19.3. The summed E-state index contributed by atoms with van der Waals surface area (Å²) in [6.07, 6.45) is 1.78. The second-order valence-electron chi connectivity index (χ2n) is 6.78. The molecule has 0 aliphatic carbocycles. The fourth-order valence-corrected chi connectivity index (χ4v) is 4.47. The molecule has 5 nitrogen and oxygen atoms in total. The summed E-state index contributed by atoms with van der Waals surface area (Å²) >= 11 is 1.29. The Labute approximate surface area is 164 Å².